The van der Waals surface area contributed by atoms with Crippen LogP contribution >= 0.6 is 11.8 Å². The van der Waals surface area contributed by atoms with E-state index >= 15 is 0 Å². The van der Waals surface area contributed by atoms with Crippen LogP contribution in [0.5, 0.6) is 11.5 Å². The summed E-state index contributed by atoms with van der Waals surface area (Å²) in [5, 5.41) is 21.8. The molecular weight excluding hydrogens is 260 g/mol. The maximum atomic E-state index is 10.7. The first-order valence-corrected chi connectivity index (χ1v) is 6.96. The summed E-state index contributed by atoms with van der Waals surface area (Å²) in [6.45, 7) is 1.66. The summed E-state index contributed by atoms with van der Waals surface area (Å²) in [7, 11) is 0. The van der Waals surface area contributed by atoms with Gasteiger partial charge in [0, 0.05) is 16.3 Å². The van der Waals surface area contributed by atoms with E-state index in [0.717, 1.165) is 6.29 Å². The fourth-order valence-electron chi connectivity index (χ4n) is 2.00. The minimum absolute atomic E-state index is 0.0824. The lowest BCUT2D eigenvalue weighted by atomic mass is 10.0. The van der Waals surface area contributed by atoms with Gasteiger partial charge < -0.3 is 10.2 Å². The van der Waals surface area contributed by atoms with E-state index in [2.05, 4.69) is 0 Å². The highest BCUT2D eigenvalue weighted by molar-refractivity contribution is 7.98. The number of aldehydes is 1. The number of hydrogen-bond donors (Lipinski definition) is 2. The molecule has 0 fully saturated rings. The molecule has 0 saturated heterocycles. The summed E-state index contributed by atoms with van der Waals surface area (Å²) in [5.41, 5.74) is 0.966. The minimum atomic E-state index is 0.0824. The highest BCUT2D eigenvalue weighted by Gasteiger charge is 2.16. The molecule has 0 aromatic heterocycles. The van der Waals surface area contributed by atoms with Crippen LogP contribution in [0.3, 0.4) is 0 Å². The second-order valence-electron chi connectivity index (χ2n) is 4.20. The van der Waals surface area contributed by atoms with Crippen LogP contribution < -0.4 is 0 Å². The molecule has 0 atom stereocenters. The lowest BCUT2D eigenvalue weighted by Gasteiger charge is -2.13. The molecule has 4 heteroatoms. The topological polar surface area (TPSA) is 57.5 Å². The molecule has 0 radical (unpaired) electrons. The van der Waals surface area contributed by atoms with Gasteiger partial charge in [0.05, 0.1) is 4.90 Å². The molecule has 0 saturated carbocycles. The highest BCUT2D eigenvalue weighted by Crippen LogP contribution is 2.44. The van der Waals surface area contributed by atoms with Gasteiger partial charge in [-0.15, -0.1) is 11.8 Å². The van der Waals surface area contributed by atoms with Gasteiger partial charge in [0.1, 0.15) is 17.8 Å². The Morgan fingerprint density at radius 1 is 1.16 bits per heavy atom. The van der Waals surface area contributed by atoms with Crippen molar-refractivity contribution in [3.63, 3.8) is 0 Å². The molecule has 98 valence electrons. The predicted molar refractivity (Wildman–Crippen MR) is 78.8 cm³/mol. The Morgan fingerprint density at radius 3 is 2.26 bits per heavy atom. The standard InChI is InChI=1S/C15H14O3S/c1-9(8-16)7-12-13(17)10-5-3-4-6-11(10)14(18)15(12)19-2/h3-8,17-18H,1-2H3/b9-7-. The van der Waals surface area contributed by atoms with E-state index in [1.807, 2.05) is 6.26 Å². The van der Waals surface area contributed by atoms with Crippen LogP contribution in [0.2, 0.25) is 0 Å². The van der Waals surface area contributed by atoms with Gasteiger partial charge in [-0.3, -0.25) is 4.79 Å². The van der Waals surface area contributed by atoms with Gasteiger partial charge in [-0.2, -0.15) is 0 Å². The minimum Gasteiger partial charge on any atom is -0.507 e. The quantitative estimate of drug-likeness (QED) is 0.389. The zero-order valence-corrected chi connectivity index (χ0v) is 11.5. The number of fused-ring (bicyclic) bond motifs is 1. The largest absolute Gasteiger partial charge is 0.507 e. The van der Waals surface area contributed by atoms with E-state index in [4.69, 9.17) is 0 Å². The van der Waals surface area contributed by atoms with Gasteiger partial charge in [0.25, 0.3) is 0 Å². The van der Waals surface area contributed by atoms with Crippen LogP contribution in [0.4, 0.5) is 0 Å². The number of thioether (sulfide) groups is 1. The number of hydrogen-bond acceptors (Lipinski definition) is 4. The Balaban J connectivity index is 2.89. The zero-order chi connectivity index (χ0) is 14.0. The summed E-state index contributed by atoms with van der Waals surface area (Å²) in [6, 6.07) is 7.09. The number of benzene rings is 2. The van der Waals surface area contributed by atoms with E-state index in [-0.39, 0.29) is 11.5 Å². The maximum Gasteiger partial charge on any atom is 0.145 e. The number of phenols is 2. The van der Waals surface area contributed by atoms with E-state index in [0.29, 0.717) is 26.8 Å². The van der Waals surface area contributed by atoms with Gasteiger partial charge in [0.15, 0.2) is 0 Å². The average molecular weight is 274 g/mol. The normalized spacial score (nSPS) is 11.8. The number of aromatic hydroxyl groups is 2. The van der Waals surface area contributed by atoms with Gasteiger partial charge in [-0.1, -0.05) is 24.3 Å². The van der Waals surface area contributed by atoms with Crippen molar-refractivity contribution in [3.8, 4) is 11.5 Å². The van der Waals surface area contributed by atoms with Crippen molar-refractivity contribution in [1.29, 1.82) is 0 Å². The van der Waals surface area contributed by atoms with E-state index in [1.165, 1.54) is 11.8 Å². The van der Waals surface area contributed by atoms with Crippen molar-refractivity contribution in [2.24, 2.45) is 0 Å². The fourth-order valence-corrected chi connectivity index (χ4v) is 2.68. The highest BCUT2D eigenvalue weighted by atomic mass is 32.2. The number of phenolic OH excluding ortho intramolecular Hbond substituents is 2. The van der Waals surface area contributed by atoms with Crippen molar-refractivity contribution in [1.82, 2.24) is 0 Å². The number of carbonyl (C=O) groups excluding carboxylic acids is 1. The molecular formula is C15H14O3S. The van der Waals surface area contributed by atoms with Gasteiger partial charge in [-0.25, -0.2) is 0 Å². The van der Waals surface area contributed by atoms with Gasteiger partial charge in [-0.05, 0) is 24.8 Å². The first kappa shape index (κ1) is 13.5. The summed E-state index contributed by atoms with van der Waals surface area (Å²) < 4.78 is 0. The van der Waals surface area contributed by atoms with Gasteiger partial charge in [0.2, 0.25) is 0 Å². The van der Waals surface area contributed by atoms with E-state index in [9.17, 15) is 15.0 Å². The van der Waals surface area contributed by atoms with Crippen LogP contribution in [0.25, 0.3) is 16.8 Å². The lowest BCUT2D eigenvalue weighted by molar-refractivity contribution is -0.104. The van der Waals surface area contributed by atoms with Gasteiger partial charge >= 0.3 is 0 Å². The van der Waals surface area contributed by atoms with Crippen LogP contribution in [0, 0.1) is 0 Å². The lowest BCUT2D eigenvalue weighted by Crippen LogP contribution is -1.88. The molecule has 3 nitrogen and oxygen atoms in total. The monoisotopic (exact) mass is 274 g/mol. The third-order valence-corrected chi connectivity index (χ3v) is 3.74. The van der Waals surface area contributed by atoms with Crippen molar-refractivity contribution < 1.29 is 15.0 Å². The van der Waals surface area contributed by atoms with Crippen molar-refractivity contribution >= 4 is 34.9 Å². The van der Waals surface area contributed by atoms with Crippen LogP contribution in [0.1, 0.15) is 12.5 Å². The maximum absolute atomic E-state index is 10.7. The molecule has 0 amide bonds. The van der Waals surface area contributed by atoms with Crippen molar-refractivity contribution in [2.75, 3.05) is 6.26 Å². The van der Waals surface area contributed by atoms with Crippen LogP contribution in [-0.2, 0) is 4.79 Å². The van der Waals surface area contributed by atoms with E-state index in [1.54, 1.807) is 37.3 Å². The zero-order valence-electron chi connectivity index (χ0n) is 10.7. The second-order valence-corrected chi connectivity index (χ2v) is 5.01. The number of allylic oxidation sites excluding steroid dienone is 1. The third-order valence-electron chi connectivity index (χ3n) is 2.91. The average Bonchev–Trinajstić information content (AvgIpc) is 2.44. The summed E-state index contributed by atoms with van der Waals surface area (Å²) in [6.07, 6.45) is 4.12. The van der Waals surface area contributed by atoms with Crippen molar-refractivity contribution in [2.45, 2.75) is 11.8 Å². The first-order valence-electron chi connectivity index (χ1n) is 5.74. The molecule has 0 heterocycles. The molecule has 0 aliphatic rings. The summed E-state index contributed by atoms with van der Waals surface area (Å²) >= 11 is 1.33. The SMILES string of the molecule is CSc1c(/C=C(/C)C=O)c(O)c2ccccc2c1O. The molecule has 19 heavy (non-hydrogen) atoms. The molecule has 0 bridgehead atoms. The Bertz CT molecular complexity index is 675. The summed E-state index contributed by atoms with van der Waals surface area (Å²) in [4.78, 5) is 11.3. The fraction of sp³-hybridized carbons (Fsp3) is 0.133. The van der Waals surface area contributed by atoms with E-state index < -0.39 is 0 Å². The molecule has 0 aliphatic heterocycles. The Labute approximate surface area is 115 Å². The van der Waals surface area contributed by atoms with Crippen LogP contribution in [0.15, 0.2) is 34.7 Å². The smallest absolute Gasteiger partial charge is 0.145 e. The second kappa shape index (κ2) is 5.36. The molecule has 2 N–H and O–H groups in total. The Hall–Kier alpha value is -1.94. The number of rotatable bonds is 3. The molecule has 2 aromatic rings. The number of carbonyl (C=O) groups is 1. The third kappa shape index (κ3) is 2.31. The molecule has 2 rings (SSSR count). The molecule has 0 aliphatic carbocycles. The Kier molecular flexibility index (Phi) is 3.81. The van der Waals surface area contributed by atoms with Crippen molar-refractivity contribution in [3.05, 3.63) is 35.4 Å². The molecule has 0 spiro atoms. The first-order chi connectivity index (χ1) is 9.10. The Morgan fingerprint density at radius 2 is 1.74 bits per heavy atom. The molecule has 2 aromatic carbocycles. The summed E-state index contributed by atoms with van der Waals surface area (Å²) in [5.74, 6) is 0.213. The predicted octanol–water partition coefficient (Wildman–Crippen LogP) is 3.58. The molecule has 0 unspecified atom stereocenters. The van der Waals surface area contributed by atoms with Crippen LogP contribution in [-0.4, -0.2) is 22.8 Å².